The van der Waals surface area contributed by atoms with Crippen LogP contribution in [0.1, 0.15) is 36.2 Å². The van der Waals surface area contributed by atoms with E-state index in [-0.39, 0.29) is 25.4 Å². The van der Waals surface area contributed by atoms with Crippen LogP contribution in [0, 0.1) is 6.92 Å². The van der Waals surface area contributed by atoms with Crippen LogP contribution in [0.15, 0.2) is 18.2 Å². The van der Waals surface area contributed by atoms with E-state index in [0.29, 0.717) is 11.3 Å². The summed E-state index contributed by atoms with van der Waals surface area (Å²) in [5.41, 5.74) is 1.32. The highest BCUT2D eigenvalue weighted by molar-refractivity contribution is 6.02. The summed E-state index contributed by atoms with van der Waals surface area (Å²) < 4.78 is 10.1. The Bertz CT molecular complexity index is 542. The van der Waals surface area contributed by atoms with Gasteiger partial charge in [0.05, 0.1) is 32.3 Å². The summed E-state index contributed by atoms with van der Waals surface area (Å²) in [5.74, 6) is 0.0269. The van der Waals surface area contributed by atoms with Crippen molar-refractivity contribution in [1.82, 2.24) is 5.32 Å². The number of Topliss-reactive ketones (excluding diaryl/α,β-unsaturated/α-hetero) is 1. The molecule has 0 fully saturated rings. The second kappa shape index (κ2) is 9.27. The first-order chi connectivity index (χ1) is 10.9. The zero-order chi connectivity index (χ0) is 17.4. The third-order valence-electron chi connectivity index (χ3n) is 3.33. The summed E-state index contributed by atoms with van der Waals surface area (Å²) in [5, 5.41) is 12.3. The molecule has 0 aliphatic carbocycles. The Hall–Kier alpha value is -1.92. The van der Waals surface area contributed by atoms with Crippen molar-refractivity contribution in [3.63, 3.8) is 0 Å². The van der Waals surface area contributed by atoms with Crippen LogP contribution in [-0.2, 0) is 9.53 Å². The number of nitrogens with one attached hydrogen (secondary N) is 1. The van der Waals surface area contributed by atoms with E-state index in [0.717, 1.165) is 5.56 Å². The van der Waals surface area contributed by atoms with Gasteiger partial charge in [0.1, 0.15) is 5.75 Å². The summed E-state index contributed by atoms with van der Waals surface area (Å²) in [6.07, 6.45) is -0.699. The van der Waals surface area contributed by atoms with Gasteiger partial charge in [0.25, 0.3) is 0 Å². The maximum Gasteiger partial charge on any atom is 0.307 e. The lowest BCUT2D eigenvalue weighted by molar-refractivity contribution is -0.143. The van der Waals surface area contributed by atoms with Crippen LogP contribution in [0.2, 0.25) is 0 Å². The van der Waals surface area contributed by atoms with Crippen LogP contribution in [0.25, 0.3) is 0 Å². The van der Waals surface area contributed by atoms with Gasteiger partial charge in [0.15, 0.2) is 5.78 Å². The molecule has 0 amide bonds. The molecule has 0 heterocycles. The molecule has 0 spiro atoms. The minimum absolute atomic E-state index is 0.0789. The Labute approximate surface area is 136 Å². The van der Waals surface area contributed by atoms with Crippen LogP contribution in [0.3, 0.4) is 0 Å². The summed E-state index contributed by atoms with van der Waals surface area (Å²) in [6.45, 7) is 5.64. The monoisotopic (exact) mass is 323 g/mol. The topological polar surface area (TPSA) is 84.9 Å². The number of hydrogen-bond acceptors (Lipinski definition) is 6. The summed E-state index contributed by atoms with van der Waals surface area (Å²) in [4.78, 5) is 24.4. The third-order valence-corrected chi connectivity index (χ3v) is 3.33. The van der Waals surface area contributed by atoms with Crippen molar-refractivity contribution in [2.24, 2.45) is 0 Å². The van der Waals surface area contributed by atoms with Gasteiger partial charge in [-0.15, -0.1) is 0 Å². The second-order valence-electron chi connectivity index (χ2n) is 5.37. The minimum atomic E-state index is -0.739. The van der Waals surface area contributed by atoms with Crippen molar-refractivity contribution >= 4 is 11.8 Å². The van der Waals surface area contributed by atoms with Crippen molar-refractivity contribution in [2.45, 2.75) is 39.3 Å². The molecule has 0 aliphatic heterocycles. The lowest BCUT2D eigenvalue weighted by atomic mass is 9.99. The van der Waals surface area contributed by atoms with Crippen molar-refractivity contribution in [3.05, 3.63) is 29.3 Å². The van der Waals surface area contributed by atoms with Crippen molar-refractivity contribution in [2.75, 3.05) is 20.3 Å². The molecule has 23 heavy (non-hydrogen) atoms. The van der Waals surface area contributed by atoms with Gasteiger partial charge >= 0.3 is 5.97 Å². The number of carbonyl (C=O) groups is 2. The number of carbonyl (C=O) groups excluding carboxylic acids is 2. The molecule has 128 valence electrons. The molecule has 0 saturated carbocycles. The molecule has 1 rings (SSSR count). The Kier molecular flexibility index (Phi) is 7.71. The first-order valence-electron chi connectivity index (χ1n) is 7.65. The van der Waals surface area contributed by atoms with E-state index in [2.05, 4.69) is 5.32 Å². The largest absolute Gasteiger partial charge is 0.496 e. The third kappa shape index (κ3) is 6.00. The Morgan fingerprint density at radius 2 is 2.04 bits per heavy atom. The summed E-state index contributed by atoms with van der Waals surface area (Å²) in [7, 11) is 1.57. The highest BCUT2D eigenvalue weighted by atomic mass is 16.5. The van der Waals surface area contributed by atoms with E-state index in [1.54, 1.807) is 39.2 Å². The number of ether oxygens (including phenoxy) is 2. The molecule has 2 atom stereocenters. The average molecular weight is 323 g/mol. The number of rotatable bonds is 9. The number of aliphatic hydroxyl groups excluding tert-OH is 1. The molecule has 0 saturated heterocycles. The fourth-order valence-corrected chi connectivity index (χ4v) is 2.19. The molecule has 1 aromatic rings. The molecule has 2 unspecified atom stereocenters. The Morgan fingerprint density at radius 1 is 1.35 bits per heavy atom. The maximum atomic E-state index is 12.7. The molecule has 6 heteroatoms. The standard InChI is InChI=1S/C17H25NO5/c1-5-23-16(20)9-14(18-10-12(3)19)17(21)13-6-7-15(22-4)11(2)8-13/h6-8,12,14,18-19H,5,9-10H2,1-4H3. The van der Waals surface area contributed by atoms with Crippen molar-refractivity contribution < 1.29 is 24.2 Å². The summed E-state index contributed by atoms with van der Waals surface area (Å²) >= 11 is 0. The molecule has 0 bridgehead atoms. The fourth-order valence-electron chi connectivity index (χ4n) is 2.19. The number of aliphatic hydroxyl groups is 1. The van der Waals surface area contributed by atoms with Gasteiger partial charge in [0.2, 0.25) is 0 Å². The van der Waals surface area contributed by atoms with Crippen LogP contribution in [0.5, 0.6) is 5.75 Å². The van der Waals surface area contributed by atoms with Crippen molar-refractivity contribution in [1.29, 1.82) is 0 Å². The second-order valence-corrected chi connectivity index (χ2v) is 5.37. The minimum Gasteiger partial charge on any atom is -0.496 e. The molecule has 6 nitrogen and oxygen atoms in total. The van der Waals surface area contributed by atoms with Crippen LogP contribution in [-0.4, -0.2) is 49.3 Å². The van der Waals surface area contributed by atoms with Gasteiger partial charge in [-0.05, 0) is 44.5 Å². The normalized spacial score (nSPS) is 13.3. The lowest BCUT2D eigenvalue weighted by Crippen LogP contribution is -2.42. The maximum absolute atomic E-state index is 12.7. The quantitative estimate of drug-likeness (QED) is 0.529. The Balaban J connectivity index is 2.92. The van der Waals surface area contributed by atoms with Gasteiger partial charge < -0.3 is 19.9 Å². The number of hydrogen-bond donors (Lipinski definition) is 2. The molecule has 2 N–H and O–H groups in total. The predicted molar refractivity (Wildman–Crippen MR) is 86.8 cm³/mol. The average Bonchev–Trinajstić information content (AvgIpc) is 2.50. The molecule has 1 aromatic carbocycles. The number of aryl methyl sites for hydroxylation is 1. The van der Waals surface area contributed by atoms with E-state index >= 15 is 0 Å². The van der Waals surface area contributed by atoms with Gasteiger partial charge in [-0.1, -0.05) is 0 Å². The van der Waals surface area contributed by atoms with Gasteiger partial charge in [-0.3, -0.25) is 9.59 Å². The molecular formula is C17H25NO5. The van der Waals surface area contributed by atoms with Crippen LogP contribution < -0.4 is 10.1 Å². The number of esters is 1. The van der Waals surface area contributed by atoms with Crippen molar-refractivity contribution in [3.8, 4) is 5.75 Å². The molecule has 0 aromatic heterocycles. The zero-order valence-corrected chi connectivity index (χ0v) is 14.1. The number of benzene rings is 1. The summed E-state index contributed by atoms with van der Waals surface area (Å²) in [6, 6.07) is 4.37. The lowest BCUT2D eigenvalue weighted by Gasteiger charge is -2.18. The van der Waals surface area contributed by atoms with E-state index in [1.807, 2.05) is 6.92 Å². The zero-order valence-electron chi connectivity index (χ0n) is 14.1. The van der Waals surface area contributed by atoms with Gasteiger partial charge in [-0.2, -0.15) is 0 Å². The fraction of sp³-hybridized carbons (Fsp3) is 0.529. The van der Waals surface area contributed by atoms with E-state index < -0.39 is 18.1 Å². The first-order valence-corrected chi connectivity index (χ1v) is 7.65. The number of ketones is 1. The number of methoxy groups -OCH3 is 1. The molecule has 0 aliphatic rings. The SMILES string of the molecule is CCOC(=O)CC(NCC(C)O)C(=O)c1ccc(OC)c(C)c1. The van der Waals surface area contributed by atoms with Crippen LogP contribution in [0.4, 0.5) is 0 Å². The first kappa shape index (κ1) is 19.1. The Morgan fingerprint density at radius 3 is 2.57 bits per heavy atom. The molecule has 0 radical (unpaired) electrons. The van der Waals surface area contributed by atoms with Gasteiger partial charge in [-0.25, -0.2) is 0 Å². The van der Waals surface area contributed by atoms with E-state index in [1.165, 1.54) is 0 Å². The highest BCUT2D eigenvalue weighted by Crippen LogP contribution is 2.20. The highest BCUT2D eigenvalue weighted by Gasteiger charge is 2.24. The van der Waals surface area contributed by atoms with Gasteiger partial charge in [0, 0.05) is 12.1 Å². The smallest absolute Gasteiger partial charge is 0.307 e. The van der Waals surface area contributed by atoms with Crippen LogP contribution >= 0.6 is 0 Å². The van der Waals surface area contributed by atoms with E-state index in [9.17, 15) is 14.7 Å². The molecular weight excluding hydrogens is 298 g/mol. The predicted octanol–water partition coefficient (Wildman–Crippen LogP) is 1.48. The van der Waals surface area contributed by atoms with E-state index in [4.69, 9.17) is 9.47 Å².